The summed E-state index contributed by atoms with van der Waals surface area (Å²) in [7, 11) is 0. The van der Waals surface area contributed by atoms with E-state index in [1.165, 1.54) is 0 Å². The van der Waals surface area contributed by atoms with E-state index >= 15 is 0 Å². The van der Waals surface area contributed by atoms with Crippen LogP contribution in [0, 0.1) is 11.3 Å². The van der Waals surface area contributed by atoms with Crippen molar-refractivity contribution in [3.8, 4) is 0 Å². The van der Waals surface area contributed by atoms with E-state index in [9.17, 15) is 0 Å². The molecule has 0 aliphatic heterocycles. The van der Waals surface area contributed by atoms with Gasteiger partial charge >= 0.3 is 0 Å². The van der Waals surface area contributed by atoms with Crippen LogP contribution in [0.3, 0.4) is 0 Å². The molecule has 0 radical (unpaired) electrons. The fraction of sp³-hybridized carbons (Fsp3) is 1.00. The summed E-state index contributed by atoms with van der Waals surface area (Å²) in [6.07, 6.45) is 2.95. The Labute approximate surface area is 130 Å². The van der Waals surface area contributed by atoms with Crippen LogP contribution in [0.25, 0.3) is 0 Å². The first-order valence-corrected chi connectivity index (χ1v) is 8.03. The molecule has 1 rings (SSSR count). The molecule has 1 unspecified atom stereocenters. The summed E-state index contributed by atoms with van der Waals surface area (Å²) in [5.74, 6) is -0.427. The molecule has 0 heterocycles. The Balaban J connectivity index is 2.97. The summed E-state index contributed by atoms with van der Waals surface area (Å²) in [6, 6.07) is 0. The van der Waals surface area contributed by atoms with Crippen LogP contribution in [0.5, 0.6) is 0 Å². The molecule has 1 aliphatic rings. The van der Waals surface area contributed by atoms with E-state index in [1.807, 2.05) is 41.5 Å². The maximum Gasteiger partial charge on any atom is 0.239 e. The first kappa shape index (κ1) is 18.9. The van der Waals surface area contributed by atoms with E-state index in [-0.39, 0.29) is 5.41 Å². The summed E-state index contributed by atoms with van der Waals surface area (Å²) < 4.78 is 0. The Bertz CT molecular complexity index is 318. The highest BCUT2D eigenvalue weighted by Crippen LogP contribution is 2.51. The second-order valence-electron chi connectivity index (χ2n) is 8.83. The Morgan fingerprint density at radius 2 is 1.29 bits per heavy atom. The zero-order chi connectivity index (χ0) is 16.5. The zero-order valence-corrected chi connectivity index (χ0v) is 15.3. The lowest BCUT2D eigenvalue weighted by molar-refractivity contribution is -0.568. The van der Waals surface area contributed by atoms with E-state index in [1.54, 1.807) is 0 Å². The average Bonchev–Trinajstić information content (AvgIpc) is 2.28. The van der Waals surface area contributed by atoms with Crippen molar-refractivity contribution in [1.82, 2.24) is 0 Å². The quantitative estimate of drug-likeness (QED) is 0.415. The molecule has 126 valence electrons. The molecule has 0 aromatic heterocycles. The minimum Gasteiger partial charge on any atom is -0.228 e. The lowest BCUT2D eigenvalue weighted by Crippen LogP contribution is -2.56. The summed E-state index contributed by atoms with van der Waals surface area (Å²) in [5, 5.41) is 0. The van der Waals surface area contributed by atoms with Crippen molar-refractivity contribution < 1.29 is 19.6 Å². The Morgan fingerprint density at radius 1 is 0.857 bits per heavy atom. The molecular weight excluding hydrogens is 268 g/mol. The van der Waals surface area contributed by atoms with Gasteiger partial charge in [0.15, 0.2) is 0 Å². The Morgan fingerprint density at radius 3 is 1.67 bits per heavy atom. The number of hydrogen-bond donors (Lipinski definition) is 0. The van der Waals surface area contributed by atoms with Gasteiger partial charge in [-0.2, -0.15) is 9.78 Å². The van der Waals surface area contributed by atoms with Crippen molar-refractivity contribution in [3.63, 3.8) is 0 Å². The third-order valence-corrected chi connectivity index (χ3v) is 4.21. The van der Waals surface area contributed by atoms with Gasteiger partial charge in [-0.15, -0.1) is 0 Å². The van der Waals surface area contributed by atoms with E-state index < -0.39 is 17.0 Å². The topological polar surface area (TPSA) is 36.9 Å². The van der Waals surface area contributed by atoms with Crippen LogP contribution in [0.15, 0.2) is 0 Å². The van der Waals surface area contributed by atoms with Gasteiger partial charge in [-0.1, -0.05) is 20.8 Å². The van der Waals surface area contributed by atoms with Crippen LogP contribution in [-0.4, -0.2) is 17.0 Å². The summed E-state index contributed by atoms with van der Waals surface area (Å²) in [4.78, 5) is 23.0. The first-order valence-electron chi connectivity index (χ1n) is 8.03. The normalized spacial score (nSPS) is 25.9. The first-order chi connectivity index (χ1) is 9.29. The van der Waals surface area contributed by atoms with Gasteiger partial charge in [-0.25, -0.2) is 9.78 Å². The molecule has 0 bridgehead atoms. The molecule has 0 saturated heterocycles. The number of rotatable bonds is 4. The molecule has 0 aromatic rings. The molecule has 4 heteroatoms. The predicted molar refractivity (Wildman–Crippen MR) is 83.4 cm³/mol. The van der Waals surface area contributed by atoms with Gasteiger partial charge in [0.25, 0.3) is 0 Å². The molecule has 0 N–H and O–H groups in total. The minimum atomic E-state index is -0.884. The molecular formula is C17H34O4. The van der Waals surface area contributed by atoms with Gasteiger partial charge in [0.1, 0.15) is 0 Å². The fourth-order valence-electron chi connectivity index (χ4n) is 2.40. The lowest BCUT2D eigenvalue weighted by Gasteiger charge is -2.51. The van der Waals surface area contributed by atoms with Crippen molar-refractivity contribution in [2.24, 2.45) is 11.3 Å². The molecule has 1 saturated carbocycles. The average molecular weight is 302 g/mol. The highest BCUT2D eigenvalue weighted by atomic mass is 17.3. The van der Waals surface area contributed by atoms with Gasteiger partial charge in [-0.05, 0) is 60.3 Å². The highest BCUT2D eigenvalue weighted by molar-refractivity contribution is 4.94. The standard InChI is InChI=1S/C17H34O4/c1-13-11-10-12-17(16(13,8)9,20-18-14(2,3)4)21-19-15(5,6)7/h13H,10-12H2,1-9H3. The smallest absolute Gasteiger partial charge is 0.228 e. The van der Waals surface area contributed by atoms with Crippen LogP contribution < -0.4 is 0 Å². The summed E-state index contributed by atoms with van der Waals surface area (Å²) in [6.45, 7) is 18.3. The van der Waals surface area contributed by atoms with Crippen molar-refractivity contribution in [1.29, 1.82) is 0 Å². The molecule has 1 atom stereocenters. The van der Waals surface area contributed by atoms with Crippen molar-refractivity contribution in [3.05, 3.63) is 0 Å². The van der Waals surface area contributed by atoms with Crippen LogP contribution in [-0.2, 0) is 19.6 Å². The van der Waals surface area contributed by atoms with Crippen LogP contribution >= 0.6 is 0 Å². The second kappa shape index (κ2) is 6.15. The monoisotopic (exact) mass is 302 g/mol. The van der Waals surface area contributed by atoms with Crippen molar-refractivity contribution >= 4 is 0 Å². The molecule has 21 heavy (non-hydrogen) atoms. The molecule has 0 spiro atoms. The van der Waals surface area contributed by atoms with Crippen molar-refractivity contribution in [2.75, 3.05) is 0 Å². The summed E-state index contributed by atoms with van der Waals surface area (Å²) in [5.41, 5.74) is -0.995. The Kier molecular flexibility index (Phi) is 5.53. The van der Waals surface area contributed by atoms with E-state index in [0.717, 1.165) is 19.3 Å². The van der Waals surface area contributed by atoms with Crippen LogP contribution in [0.2, 0.25) is 0 Å². The van der Waals surface area contributed by atoms with Crippen LogP contribution in [0.1, 0.15) is 81.6 Å². The SMILES string of the molecule is CC1CCCC(OOC(C)(C)C)(OOC(C)(C)C)C1(C)C. The van der Waals surface area contributed by atoms with Crippen LogP contribution in [0.4, 0.5) is 0 Å². The molecule has 0 amide bonds. The summed E-state index contributed by atoms with van der Waals surface area (Å²) >= 11 is 0. The van der Waals surface area contributed by atoms with Gasteiger partial charge in [0, 0.05) is 11.8 Å². The van der Waals surface area contributed by atoms with Gasteiger partial charge in [-0.3, -0.25) is 0 Å². The van der Waals surface area contributed by atoms with Gasteiger partial charge < -0.3 is 0 Å². The third-order valence-electron chi connectivity index (χ3n) is 4.21. The lowest BCUT2D eigenvalue weighted by atomic mass is 9.65. The largest absolute Gasteiger partial charge is 0.239 e. The Hall–Kier alpha value is -0.160. The molecule has 1 fully saturated rings. The highest BCUT2D eigenvalue weighted by Gasteiger charge is 2.56. The van der Waals surface area contributed by atoms with E-state index in [4.69, 9.17) is 19.6 Å². The second-order valence-corrected chi connectivity index (χ2v) is 8.83. The fourth-order valence-corrected chi connectivity index (χ4v) is 2.40. The van der Waals surface area contributed by atoms with E-state index in [2.05, 4.69) is 20.8 Å². The molecule has 4 nitrogen and oxygen atoms in total. The number of hydrogen-bond acceptors (Lipinski definition) is 4. The molecule has 0 aromatic carbocycles. The maximum absolute atomic E-state index is 5.87. The van der Waals surface area contributed by atoms with Gasteiger partial charge in [0.2, 0.25) is 5.79 Å². The zero-order valence-electron chi connectivity index (χ0n) is 15.3. The van der Waals surface area contributed by atoms with Crippen molar-refractivity contribution in [2.45, 2.75) is 98.6 Å². The minimum absolute atomic E-state index is 0.207. The van der Waals surface area contributed by atoms with Gasteiger partial charge in [0.05, 0.1) is 11.2 Å². The van der Waals surface area contributed by atoms with E-state index in [0.29, 0.717) is 5.92 Å². The third kappa shape index (κ3) is 4.92. The maximum atomic E-state index is 5.87. The predicted octanol–water partition coefficient (Wildman–Crippen LogP) is 5.02. The molecule has 1 aliphatic carbocycles.